The van der Waals surface area contributed by atoms with Crippen LogP contribution in [0.4, 0.5) is 15.8 Å². The third-order valence-corrected chi connectivity index (χ3v) is 4.63. The fourth-order valence-electron chi connectivity index (χ4n) is 3.02. The van der Waals surface area contributed by atoms with Crippen molar-refractivity contribution in [1.82, 2.24) is 4.90 Å². The Bertz CT molecular complexity index is 878. The van der Waals surface area contributed by atoms with Crippen LogP contribution in [0.5, 0.6) is 0 Å². The number of nitriles is 1. The monoisotopic (exact) mass is 364 g/mol. The van der Waals surface area contributed by atoms with Gasteiger partial charge in [0.25, 0.3) is 5.91 Å². The molecule has 1 heterocycles. The quantitative estimate of drug-likeness (QED) is 0.668. The molecule has 0 atom stereocenters. The van der Waals surface area contributed by atoms with Crippen LogP contribution in [0, 0.1) is 24.1 Å². The zero-order chi connectivity index (χ0) is 19.2. The predicted octanol–water partition coefficient (Wildman–Crippen LogP) is 3.30. The Morgan fingerprint density at radius 3 is 2.41 bits per heavy atom. The molecule has 0 radical (unpaired) electrons. The lowest BCUT2D eigenvalue weighted by molar-refractivity contribution is -0.127. The van der Waals surface area contributed by atoms with E-state index in [1.165, 1.54) is 18.3 Å². The first kappa shape index (κ1) is 18.5. The van der Waals surface area contributed by atoms with E-state index < -0.39 is 0 Å². The maximum atomic E-state index is 13.1. The third kappa shape index (κ3) is 4.45. The number of para-hydroxylation sites is 1. The van der Waals surface area contributed by atoms with Crippen LogP contribution < -0.4 is 10.2 Å². The van der Waals surface area contributed by atoms with E-state index in [1.807, 2.05) is 37.3 Å². The van der Waals surface area contributed by atoms with Crippen LogP contribution in [0.2, 0.25) is 0 Å². The first-order valence-electron chi connectivity index (χ1n) is 8.80. The molecule has 6 heteroatoms. The number of amides is 1. The largest absolute Gasteiger partial charge is 0.368 e. The molecule has 1 aliphatic heterocycles. The van der Waals surface area contributed by atoms with Gasteiger partial charge in [-0.2, -0.15) is 5.26 Å². The molecule has 1 fully saturated rings. The second kappa shape index (κ2) is 8.37. The molecule has 0 unspecified atom stereocenters. The van der Waals surface area contributed by atoms with Crippen molar-refractivity contribution in [3.8, 4) is 6.07 Å². The minimum atomic E-state index is -0.280. The molecule has 5 nitrogen and oxygen atoms in total. The molecule has 0 saturated carbocycles. The number of aryl methyl sites for hydroxylation is 1. The number of anilines is 2. The Morgan fingerprint density at radius 1 is 1.11 bits per heavy atom. The average molecular weight is 364 g/mol. The fraction of sp³-hybridized carbons (Fsp3) is 0.238. The lowest BCUT2D eigenvalue weighted by Gasteiger charge is -2.36. The van der Waals surface area contributed by atoms with Crippen molar-refractivity contribution in [3.63, 3.8) is 0 Å². The molecule has 0 aromatic heterocycles. The highest BCUT2D eigenvalue weighted by Gasteiger charge is 2.23. The number of benzene rings is 2. The second-order valence-corrected chi connectivity index (χ2v) is 6.38. The Kier molecular flexibility index (Phi) is 5.72. The fourth-order valence-corrected chi connectivity index (χ4v) is 3.02. The van der Waals surface area contributed by atoms with Crippen molar-refractivity contribution in [3.05, 3.63) is 71.7 Å². The van der Waals surface area contributed by atoms with E-state index in [-0.39, 0.29) is 17.3 Å². The molecule has 1 N–H and O–H groups in total. The SMILES string of the molecule is Cc1ccccc1N/C=C(/C#N)C(=O)N1CCN(c2ccc(F)cc2)CC1. The lowest BCUT2D eigenvalue weighted by atomic mass is 10.2. The summed E-state index contributed by atoms with van der Waals surface area (Å²) in [6.07, 6.45) is 1.47. The first-order chi connectivity index (χ1) is 13.1. The number of nitrogens with zero attached hydrogens (tertiary/aromatic N) is 3. The molecule has 2 aromatic rings. The lowest BCUT2D eigenvalue weighted by Crippen LogP contribution is -2.49. The van der Waals surface area contributed by atoms with Crippen LogP contribution in [-0.2, 0) is 4.79 Å². The second-order valence-electron chi connectivity index (χ2n) is 6.38. The first-order valence-corrected chi connectivity index (χ1v) is 8.80. The summed E-state index contributed by atoms with van der Waals surface area (Å²) in [5.41, 5.74) is 2.90. The van der Waals surface area contributed by atoms with Crippen LogP contribution in [0.1, 0.15) is 5.56 Å². The van der Waals surface area contributed by atoms with Gasteiger partial charge >= 0.3 is 0 Å². The standard InChI is InChI=1S/C21H21FN4O/c1-16-4-2-3-5-20(16)24-15-17(14-23)21(27)26-12-10-25(11-13-26)19-8-6-18(22)7-9-19/h2-9,15,24H,10-13H2,1H3/b17-15-. The Hall–Kier alpha value is -3.33. The molecule has 0 bridgehead atoms. The molecular weight excluding hydrogens is 343 g/mol. The highest BCUT2D eigenvalue weighted by molar-refractivity contribution is 5.97. The van der Waals surface area contributed by atoms with E-state index in [1.54, 1.807) is 17.0 Å². The van der Waals surface area contributed by atoms with Gasteiger partial charge < -0.3 is 15.1 Å². The van der Waals surface area contributed by atoms with Gasteiger partial charge in [0.05, 0.1) is 0 Å². The smallest absolute Gasteiger partial charge is 0.266 e. The zero-order valence-corrected chi connectivity index (χ0v) is 15.2. The molecular formula is C21H21FN4O. The van der Waals surface area contributed by atoms with Gasteiger partial charge in [-0.05, 0) is 42.8 Å². The topological polar surface area (TPSA) is 59.4 Å². The maximum Gasteiger partial charge on any atom is 0.266 e. The van der Waals surface area contributed by atoms with Crippen molar-refractivity contribution in [1.29, 1.82) is 5.26 Å². The molecule has 2 aromatic carbocycles. The van der Waals surface area contributed by atoms with Gasteiger partial charge in [-0.3, -0.25) is 4.79 Å². The minimum Gasteiger partial charge on any atom is -0.368 e. The Morgan fingerprint density at radius 2 is 1.78 bits per heavy atom. The summed E-state index contributed by atoms with van der Waals surface area (Å²) < 4.78 is 13.1. The van der Waals surface area contributed by atoms with Crippen LogP contribution in [0.15, 0.2) is 60.3 Å². The van der Waals surface area contributed by atoms with E-state index >= 15 is 0 Å². The molecule has 27 heavy (non-hydrogen) atoms. The van der Waals surface area contributed by atoms with Crippen molar-refractivity contribution in [2.75, 3.05) is 36.4 Å². The van der Waals surface area contributed by atoms with Crippen molar-refractivity contribution >= 4 is 17.3 Å². The molecule has 3 rings (SSSR count). The molecule has 1 saturated heterocycles. The summed E-state index contributed by atoms with van der Waals surface area (Å²) in [5.74, 6) is -0.546. The normalized spacial score (nSPS) is 14.6. The molecule has 0 aliphatic carbocycles. The number of hydrogen-bond acceptors (Lipinski definition) is 4. The van der Waals surface area contributed by atoms with E-state index in [4.69, 9.17) is 0 Å². The van der Waals surface area contributed by atoms with Gasteiger partial charge in [0, 0.05) is 43.8 Å². The highest BCUT2D eigenvalue weighted by Crippen LogP contribution is 2.18. The number of nitrogens with one attached hydrogen (secondary N) is 1. The van der Waals surface area contributed by atoms with Crippen LogP contribution in [0.3, 0.4) is 0 Å². The van der Waals surface area contributed by atoms with E-state index in [0.717, 1.165) is 16.9 Å². The summed E-state index contributed by atoms with van der Waals surface area (Å²) in [5, 5.41) is 12.4. The van der Waals surface area contributed by atoms with E-state index in [2.05, 4.69) is 10.2 Å². The summed E-state index contributed by atoms with van der Waals surface area (Å²) in [6, 6.07) is 16.0. The zero-order valence-electron chi connectivity index (χ0n) is 15.2. The molecule has 0 spiro atoms. The molecule has 1 amide bonds. The number of carbonyl (C=O) groups excluding carboxylic acids is 1. The van der Waals surface area contributed by atoms with Gasteiger partial charge in [-0.15, -0.1) is 0 Å². The number of halogens is 1. The van der Waals surface area contributed by atoms with E-state index in [9.17, 15) is 14.4 Å². The van der Waals surface area contributed by atoms with Gasteiger partial charge in [0.2, 0.25) is 0 Å². The summed E-state index contributed by atoms with van der Waals surface area (Å²) in [6.45, 7) is 4.26. The van der Waals surface area contributed by atoms with Crippen molar-refractivity contribution in [2.45, 2.75) is 6.92 Å². The molecule has 138 valence electrons. The number of piperazine rings is 1. The summed E-state index contributed by atoms with van der Waals surface area (Å²) in [4.78, 5) is 16.4. The van der Waals surface area contributed by atoms with Crippen LogP contribution in [-0.4, -0.2) is 37.0 Å². The Balaban J connectivity index is 1.62. The maximum absolute atomic E-state index is 13.1. The van der Waals surface area contributed by atoms with Gasteiger partial charge in [0.1, 0.15) is 17.5 Å². The average Bonchev–Trinajstić information content (AvgIpc) is 2.70. The number of carbonyl (C=O) groups is 1. The van der Waals surface area contributed by atoms with Gasteiger partial charge in [-0.1, -0.05) is 18.2 Å². The van der Waals surface area contributed by atoms with Gasteiger partial charge in [-0.25, -0.2) is 4.39 Å². The van der Waals surface area contributed by atoms with Crippen molar-refractivity contribution in [2.24, 2.45) is 0 Å². The van der Waals surface area contributed by atoms with Gasteiger partial charge in [0.15, 0.2) is 0 Å². The number of rotatable bonds is 4. The van der Waals surface area contributed by atoms with E-state index in [0.29, 0.717) is 26.2 Å². The highest BCUT2D eigenvalue weighted by atomic mass is 19.1. The van der Waals surface area contributed by atoms with Crippen LogP contribution >= 0.6 is 0 Å². The summed E-state index contributed by atoms with van der Waals surface area (Å²) in [7, 11) is 0. The minimum absolute atomic E-state index is 0.0773. The predicted molar refractivity (Wildman–Crippen MR) is 104 cm³/mol. The third-order valence-electron chi connectivity index (χ3n) is 4.63. The van der Waals surface area contributed by atoms with Crippen LogP contribution in [0.25, 0.3) is 0 Å². The Labute approximate surface area is 158 Å². The number of hydrogen-bond donors (Lipinski definition) is 1. The van der Waals surface area contributed by atoms with Crippen molar-refractivity contribution < 1.29 is 9.18 Å². The molecule has 1 aliphatic rings. The summed E-state index contributed by atoms with van der Waals surface area (Å²) >= 11 is 0.